The van der Waals surface area contributed by atoms with Crippen molar-refractivity contribution in [1.29, 1.82) is 0 Å². The van der Waals surface area contributed by atoms with E-state index in [9.17, 15) is 4.79 Å². The number of nitrogens with one attached hydrogen (secondary N) is 1. The Labute approximate surface area is 96.9 Å². The van der Waals surface area contributed by atoms with Gasteiger partial charge >= 0.3 is 5.97 Å². The van der Waals surface area contributed by atoms with Crippen LogP contribution in [-0.4, -0.2) is 18.6 Å². The summed E-state index contributed by atoms with van der Waals surface area (Å²) >= 11 is 3.41. The maximum atomic E-state index is 11.5. The summed E-state index contributed by atoms with van der Waals surface area (Å²) in [5.41, 5.74) is 2.18. The minimum atomic E-state index is -0.228. The number of rotatable bonds is 2. The first kappa shape index (κ1) is 10.5. The average molecular weight is 270 g/mol. The molecule has 80 valence electrons. The zero-order valence-electron chi connectivity index (χ0n) is 8.42. The van der Waals surface area contributed by atoms with Crippen LogP contribution < -0.4 is 5.32 Å². The van der Waals surface area contributed by atoms with Gasteiger partial charge in [0.25, 0.3) is 0 Å². The number of fused-ring (bicyclic) bond motifs is 1. The zero-order valence-corrected chi connectivity index (χ0v) is 10.0. The number of halogens is 1. The van der Waals surface area contributed by atoms with E-state index in [-0.39, 0.29) is 12.0 Å². The van der Waals surface area contributed by atoms with Crippen molar-refractivity contribution in [2.75, 3.05) is 11.9 Å². The maximum Gasteiger partial charge on any atom is 0.328 e. The fourth-order valence-electron chi connectivity index (χ4n) is 1.72. The summed E-state index contributed by atoms with van der Waals surface area (Å²) in [6, 6.07) is 5.73. The molecule has 0 aromatic heterocycles. The number of ether oxygens (including phenoxy) is 1. The number of hydrogen-bond donors (Lipinski definition) is 1. The summed E-state index contributed by atoms with van der Waals surface area (Å²) < 4.78 is 6.01. The molecule has 1 atom stereocenters. The van der Waals surface area contributed by atoms with E-state index >= 15 is 0 Å². The van der Waals surface area contributed by atoms with Gasteiger partial charge < -0.3 is 10.1 Å². The van der Waals surface area contributed by atoms with Crippen LogP contribution >= 0.6 is 15.9 Å². The van der Waals surface area contributed by atoms with Crippen molar-refractivity contribution < 1.29 is 9.53 Å². The Kier molecular flexibility index (Phi) is 2.95. The van der Waals surface area contributed by atoms with Crippen LogP contribution in [0.5, 0.6) is 0 Å². The first-order chi connectivity index (χ1) is 7.20. The predicted octanol–water partition coefficient (Wildman–Crippen LogP) is 2.35. The van der Waals surface area contributed by atoms with Gasteiger partial charge in [0.05, 0.1) is 6.61 Å². The molecule has 0 bridgehead atoms. The monoisotopic (exact) mass is 269 g/mol. The molecule has 0 radical (unpaired) electrons. The summed E-state index contributed by atoms with van der Waals surface area (Å²) in [6.07, 6.45) is 0.702. The Bertz CT molecular complexity index is 392. The van der Waals surface area contributed by atoms with Crippen molar-refractivity contribution in [3.8, 4) is 0 Å². The maximum absolute atomic E-state index is 11.5. The summed E-state index contributed by atoms with van der Waals surface area (Å²) in [5.74, 6) is -0.176. The van der Waals surface area contributed by atoms with Gasteiger partial charge in [-0.3, -0.25) is 0 Å². The molecule has 1 aromatic rings. The van der Waals surface area contributed by atoms with E-state index in [1.54, 1.807) is 0 Å². The van der Waals surface area contributed by atoms with Crippen LogP contribution in [0, 0.1) is 0 Å². The summed E-state index contributed by atoms with van der Waals surface area (Å²) in [7, 11) is 0. The van der Waals surface area contributed by atoms with Crippen LogP contribution in [0.2, 0.25) is 0 Å². The SMILES string of the molecule is CCOC(=O)[C@@H]1Cc2cc(Br)ccc2N1. The molecule has 15 heavy (non-hydrogen) atoms. The predicted molar refractivity (Wildman–Crippen MR) is 61.9 cm³/mol. The van der Waals surface area contributed by atoms with E-state index in [2.05, 4.69) is 21.2 Å². The minimum absolute atomic E-state index is 0.176. The van der Waals surface area contributed by atoms with E-state index in [4.69, 9.17) is 4.74 Å². The third kappa shape index (κ3) is 2.15. The van der Waals surface area contributed by atoms with Crippen LogP contribution in [0.25, 0.3) is 0 Å². The smallest absolute Gasteiger partial charge is 0.328 e. The van der Waals surface area contributed by atoms with Crippen molar-refractivity contribution in [3.63, 3.8) is 0 Å². The van der Waals surface area contributed by atoms with E-state index in [1.807, 2.05) is 25.1 Å². The normalized spacial score (nSPS) is 18.1. The third-order valence-corrected chi connectivity index (χ3v) is 2.89. The Morgan fingerprint density at radius 3 is 3.20 bits per heavy atom. The number of benzene rings is 1. The lowest BCUT2D eigenvalue weighted by Gasteiger charge is -2.09. The number of esters is 1. The lowest BCUT2D eigenvalue weighted by Crippen LogP contribution is -2.28. The van der Waals surface area contributed by atoms with Gasteiger partial charge in [-0.1, -0.05) is 15.9 Å². The highest BCUT2D eigenvalue weighted by molar-refractivity contribution is 9.10. The Balaban J connectivity index is 2.12. The van der Waals surface area contributed by atoms with Crippen molar-refractivity contribution in [3.05, 3.63) is 28.2 Å². The van der Waals surface area contributed by atoms with Gasteiger partial charge in [-0.2, -0.15) is 0 Å². The van der Waals surface area contributed by atoms with Gasteiger partial charge in [0.2, 0.25) is 0 Å². The molecule has 0 spiro atoms. The molecule has 0 fully saturated rings. The van der Waals surface area contributed by atoms with Gasteiger partial charge in [0.1, 0.15) is 6.04 Å². The van der Waals surface area contributed by atoms with Gasteiger partial charge in [-0.25, -0.2) is 4.79 Å². The second-order valence-electron chi connectivity index (χ2n) is 3.45. The van der Waals surface area contributed by atoms with E-state index in [1.165, 1.54) is 0 Å². The Hall–Kier alpha value is -1.03. The minimum Gasteiger partial charge on any atom is -0.464 e. The van der Waals surface area contributed by atoms with Crippen molar-refractivity contribution in [1.82, 2.24) is 0 Å². The largest absolute Gasteiger partial charge is 0.464 e. The quantitative estimate of drug-likeness (QED) is 0.838. The molecular weight excluding hydrogens is 258 g/mol. The number of anilines is 1. The average Bonchev–Trinajstić information content (AvgIpc) is 2.60. The van der Waals surface area contributed by atoms with E-state index in [0.717, 1.165) is 15.7 Å². The molecule has 1 aliphatic rings. The third-order valence-electron chi connectivity index (χ3n) is 2.39. The van der Waals surface area contributed by atoms with Crippen molar-refractivity contribution in [2.45, 2.75) is 19.4 Å². The fourth-order valence-corrected chi connectivity index (χ4v) is 2.12. The molecule has 1 aromatic carbocycles. The number of carbonyl (C=O) groups is 1. The molecule has 1 aliphatic heterocycles. The van der Waals surface area contributed by atoms with Crippen LogP contribution in [0.15, 0.2) is 22.7 Å². The molecule has 0 unspecified atom stereocenters. The molecule has 0 aliphatic carbocycles. The first-order valence-corrected chi connectivity index (χ1v) is 5.71. The lowest BCUT2D eigenvalue weighted by molar-refractivity contribution is -0.143. The summed E-state index contributed by atoms with van der Waals surface area (Å²) in [5, 5.41) is 3.15. The molecule has 2 rings (SSSR count). The van der Waals surface area contributed by atoms with Gasteiger partial charge in [0.15, 0.2) is 0 Å². The summed E-state index contributed by atoms with van der Waals surface area (Å²) in [6.45, 7) is 2.24. The van der Waals surface area contributed by atoms with E-state index in [0.29, 0.717) is 13.0 Å². The molecule has 1 N–H and O–H groups in total. The van der Waals surface area contributed by atoms with Gasteiger partial charge in [0, 0.05) is 16.6 Å². The van der Waals surface area contributed by atoms with E-state index < -0.39 is 0 Å². The zero-order chi connectivity index (χ0) is 10.8. The van der Waals surface area contributed by atoms with Crippen molar-refractivity contribution in [2.24, 2.45) is 0 Å². The summed E-state index contributed by atoms with van der Waals surface area (Å²) in [4.78, 5) is 11.5. The molecule has 4 heteroatoms. The van der Waals surface area contributed by atoms with Crippen LogP contribution in [0.1, 0.15) is 12.5 Å². The highest BCUT2D eigenvalue weighted by Crippen LogP contribution is 2.28. The molecule has 3 nitrogen and oxygen atoms in total. The lowest BCUT2D eigenvalue weighted by atomic mass is 10.1. The van der Waals surface area contributed by atoms with Gasteiger partial charge in [-0.15, -0.1) is 0 Å². The van der Waals surface area contributed by atoms with Crippen LogP contribution in [0.3, 0.4) is 0 Å². The van der Waals surface area contributed by atoms with Crippen LogP contribution in [0.4, 0.5) is 5.69 Å². The van der Waals surface area contributed by atoms with Crippen LogP contribution in [-0.2, 0) is 16.0 Å². The van der Waals surface area contributed by atoms with Crippen molar-refractivity contribution >= 4 is 27.6 Å². The number of carbonyl (C=O) groups excluding carboxylic acids is 1. The molecule has 1 heterocycles. The molecule has 0 saturated heterocycles. The second kappa shape index (κ2) is 4.23. The molecular formula is C11H12BrNO2. The fraction of sp³-hybridized carbons (Fsp3) is 0.364. The molecule has 0 amide bonds. The molecule has 0 saturated carbocycles. The first-order valence-electron chi connectivity index (χ1n) is 4.92. The topological polar surface area (TPSA) is 38.3 Å². The highest BCUT2D eigenvalue weighted by atomic mass is 79.9. The highest BCUT2D eigenvalue weighted by Gasteiger charge is 2.27. The standard InChI is InChI=1S/C11H12BrNO2/c1-2-15-11(14)10-6-7-5-8(12)3-4-9(7)13-10/h3-5,10,13H,2,6H2,1H3/t10-/m0/s1. The van der Waals surface area contributed by atoms with Gasteiger partial charge in [-0.05, 0) is 30.7 Å². The Morgan fingerprint density at radius 1 is 1.67 bits per heavy atom. The number of hydrogen-bond acceptors (Lipinski definition) is 3. The second-order valence-corrected chi connectivity index (χ2v) is 4.37. The Morgan fingerprint density at radius 2 is 2.47 bits per heavy atom.